The number of aromatic amines is 1. The van der Waals surface area contributed by atoms with Crippen molar-refractivity contribution in [3.05, 3.63) is 53.9 Å². The van der Waals surface area contributed by atoms with Crippen LogP contribution in [0.2, 0.25) is 0 Å². The predicted octanol–water partition coefficient (Wildman–Crippen LogP) is 3.30. The van der Waals surface area contributed by atoms with Crippen molar-refractivity contribution in [3.63, 3.8) is 0 Å². The Bertz CT molecular complexity index is 1080. The number of rotatable bonds is 3. The van der Waals surface area contributed by atoms with Gasteiger partial charge in [-0.25, -0.2) is 0 Å². The van der Waals surface area contributed by atoms with E-state index in [1.54, 1.807) is 19.5 Å². The molecule has 7 nitrogen and oxygen atoms in total. The topological polar surface area (TPSA) is 89.7 Å². The highest BCUT2D eigenvalue weighted by molar-refractivity contribution is 5.76. The number of nitrogens with zero attached hydrogens (tertiary/aromatic N) is 4. The van der Waals surface area contributed by atoms with Gasteiger partial charge in [0.25, 0.3) is 5.89 Å². The Morgan fingerprint density at radius 3 is 3.00 bits per heavy atom. The summed E-state index contributed by atoms with van der Waals surface area (Å²) in [6.07, 6.45) is 5.19. The molecule has 0 spiro atoms. The van der Waals surface area contributed by atoms with E-state index < -0.39 is 0 Å². The molecular formula is C19H15N5O2. The van der Waals surface area contributed by atoms with Crippen LogP contribution in [0.25, 0.3) is 34.2 Å². The van der Waals surface area contributed by atoms with E-state index >= 15 is 0 Å². The van der Waals surface area contributed by atoms with E-state index in [0.717, 1.165) is 46.7 Å². The molecule has 0 radical (unpaired) electrons. The van der Waals surface area contributed by atoms with Gasteiger partial charge < -0.3 is 9.26 Å². The first-order chi connectivity index (χ1) is 12.8. The monoisotopic (exact) mass is 345 g/mol. The highest BCUT2D eigenvalue weighted by Crippen LogP contribution is 2.38. The maximum atomic E-state index is 5.47. The van der Waals surface area contributed by atoms with Crippen molar-refractivity contribution in [2.24, 2.45) is 0 Å². The molecule has 5 rings (SSSR count). The van der Waals surface area contributed by atoms with Crippen LogP contribution >= 0.6 is 0 Å². The zero-order chi connectivity index (χ0) is 17.5. The SMILES string of the molecule is COc1ccc2c(c1)CCc1c-2n[nH]c1-c1nc(-c2cccnc2)no1. The van der Waals surface area contributed by atoms with E-state index in [4.69, 9.17) is 9.26 Å². The van der Waals surface area contributed by atoms with E-state index in [-0.39, 0.29) is 0 Å². The van der Waals surface area contributed by atoms with E-state index in [2.05, 4.69) is 31.4 Å². The molecule has 3 aromatic heterocycles. The summed E-state index contributed by atoms with van der Waals surface area (Å²) in [5.41, 5.74) is 5.98. The molecule has 1 aromatic carbocycles. The standard InChI is InChI=1S/C19H15N5O2/c1-25-13-5-7-14-11(9-13)4-6-15-16(14)22-23-17(15)19-21-18(24-26-19)12-3-2-8-20-10-12/h2-3,5,7-10H,4,6H2,1H3,(H,22,23). The van der Waals surface area contributed by atoms with Gasteiger partial charge in [0.2, 0.25) is 5.82 Å². The third-order valence-corrected chi connectivity index (χ3v) is 4.64. The maximum Gasteiger partial charge on any atom is 0.276 e. The molecule has 128 valence electrons. The average Bonchev–Trinajstić information content (AvgIpc) is 3.35. The van der Waals surface area contributed by atoms with Gasteiger partial charge in [-0.1, -0.05) is 5.16 Å². The first-order valence-corrected chi connectivity index (χ1v) is 8.32. The van der Waals surface area contributed by atoms with Crippen molar-refractivity contribution in [3.8, 4) is 40.0 Å². The highest BCUT2D eigenvalue weighted by Gasteiger charge is 2.26. The second kappa shape index (κ2) is 5.80. The molecular weight excluding hydrogens is 330 g/mol. The Hall–Kier alpha value is -3.48. The van der Waals surface area contributed by atoms with Gasteiger partial charge in [-0.3, -0.25) is 10.1 Å². The molecule has 0 atom stereocenters. The molecule has 0 amide bonds. The molecule has 0 bridgehead atoms. The summed E-state index contributed by atoms with van der Waals surface area (Å²) in [5, 5.41) is 11.6. The molecule has 4 aromatic rings. The van der Waals surface area contributed by atoms with Crippen molar-refractivity contribution in [1.82, 2.24) is 25.3 Å². The summed E-state index contributed by atoms with van der Waals surface area (Å²) >= 11 is 0. The number of H-pyrrole nitrogens is 1. The Morgan fingerprint density at radius 1 is 1.19 bits per heavy atom. The molecule has 1 aliphatic rings. The van der Waals surface area contributed by atoms with Crippen LogP contribution in [0.5, 0.6) is 5.75 Å². The lowest BCUT2D eigenvalue weighted by atomic mass is 9.89. The van der Waals surface area contributed by atoms with Gasteiger partial charge in [0, 0.05) is 29.1 Å². The maximum absolute atomic E-state index is 5.47. The Balaban J connectivity index is 1.55. The lowest BCUT2D eigenvalue weighted by molar-refractivity contribution is 0.414. The van der Waals surface area contributed by atoms with Crippen LogP contribution in [0.4, 0.5) is 0 Å². The summed E-state index contributed by atoms with van der Waals surface area (Å²) in [7, 11) is 1.68. The third-order valence-electron chi connectivity index (χ3n) is 4.64. The van der Waals surface area contributed by atoms with E-state index in [1.807, 2.05) is 24.3 Å². The lowest BCUT2D eigenvalue weighted by Crippen LogP contribution is -2.04. The molecule has 0 fully saturated rings. The molecule has 3 heterocycles. The zero-order valence-electron chi connectivity index (χ0n) is 14.1. The number of fused-ring (bicyclic) bond motifs is 3. The quantitative estimate of drug-likeness (QED) is 0.613. The van der Waals surface area contributed by atoms with Crippen LogP contribution in [0.1, 0.15) is 11.1 Å². The van der Waals surface area contributed by atoms with Crippen LogP contribution in [0.3, 0.4) is 0 Å². The molecule has 0 aliphatic heterocycles. The molecule has 0 unspecified atom stereocenters. The smallest absolute Gasteiger partial charge is 0.276 e. The van der Waals surface area contributed by atoms with Gasteiger partial charge in [0.15, 0.2) is 0 Å². The number of pyridine rings is 1. The average molecular weight is 345 g/mol. The van der Waals surface area contributed by atoms with Gasteiger partial charge in [-0.15, -0.1) is 0 Å². The molecule has 0 saturated heterocycles. The van der Waals surface area contributed by atoms with Gasteiger partial charge in [0.05, 0.1) is 12.8 Å². The zero-order valence-corrected chi connectivity index (χ0v) is 14.1. The fourth-order valence-corrected chi connectivity index (χ4v) is 3.34. The van der Waals surface area contributed by atoms with Crippen LogP contribution in [-0.2, 0) is 12.8 Å². The minimum atomic E-state index is 0.439. The Morgan fingerprint density at radius 2 is 2.15 bits per heavy atom. The molecule has 26 heavy (non-hydrogen) atoms. The number of nitrogens with one attached hydrogen (secondary N) is 1. The predicted molar refractivity (Wildman–Crippen MR) is 94.5 cm³/mol. The summed E-state index contributed by atoms with van der Waals surface area (Å²) in [5.74, 6) is 1.81. The molecule has 1 aliphatic carbocycles. The van der Waals surface area contributed by atoms with Crippen molar-refractivity contribution in [1.29, 1.82) is 0 Å². The van der Waals surface area contributed by atoms with Crippen molar-refractivity contribution < 1.29 is 9.26 Å². The van der Waals surface area contributed by atoms with E-state index in [0.29, 0.717) is 11.7 Å². The van der Waals surface area contributed by atoms with Crippen molar-refractivity contribution in [2.75, 3.05) is 7.11 Å². The second-order valence-electron chi connectivity index (χ2n) is 6.11. The summed E-state index contributed by atoms with van der Waals surface area (Å²) in [6, 6.07) is 9.81. The largest absolute Gasteiger partial charge is 0.497 e. The number of hydrogen-bond donors (Lipinski definition) is 1. The highest BCUT2D eigenvalue weighted by atomic mass is 16.5. The third kappa shape index (κ3) is 2.28. The summed E-state index contributed by atoms with van der Waals surface area (Å²) < 4.78 is 10.8. The first kappa shape index (κ1) is 14.8. The van der Waals surface area contributed by atoms with Gasteiger partial charge in [0.1, 0.15) is 11.4 Å². The van der Waals surface area contributed by atoms with Gasteiger partial charge in [-0.2, -0.15) is 10.1 Å². The van der Waals surface area contributed by atoms with Gasteiger partial charge in [-0.05, 0) is 48.7 Å². The Kier molecular flexibility index (Phi) is 3.31. The van der Waals surface area contributed by atoms with Crippen LogP contribution in [-0.4, -0.2) is 32.4 Å². The number of aryl methyl sites for hydroxylation is 1. The van der Waals surface area contributed by atoms with E-state index in [1.165, 1.54) is 5.56 Å². The fraction of sp³-hybridized carbons (Fsp3) is 0.158. The van der Waals surface area contributed by atoms with Gasteiger partial charge >= 0.3 is 0 Å². The van der Waals surface area contributed by atoms with Crippen LogP contribution in [0, 0.1) is 0 Å². The normalized spacial score (nSPS) is 12.5. The molecule has 7 heteroatoms. The minimum absolute atomic E-state index is 0.439. The van der Waals surface area contributed by atoms with E-state index in [9.17, 15) is 0 Å². The second-order valence-corrected chi connectivity index (χ2v) is 6.11. The van der Waals surface area contributed by atoms with Crippen LogP contribution < -0.4 is 4.74 Å². The van der Waals surface area contributed by atoms with Crippen molar-refractivity contribution >= 4 is 0 Å². The van der Waals surface area contributed by atoms with Crippen LogP contribution in [0.15, 0.2) is 47.2 Å². The fourth-order valence-electron chi connectivity index (χ4n) is 3.34. The first-order valence-electron chi connectivity index (χ1n) is 8.32. The number of aromatic nitrogens is 5. The number of ether oxygens (including phenoxy) is 1. The summed E-state index contributed by atoms with van der Waals surface area (Å²) in [4.78, 5) is 8.60. The number of hydrogen-bond acceptors (Lipinski definition) is 6. The lowest BCUT2D eigenvalue weighted by Gasteiger charge is -2.16. The molecule has 1 N–H and O–H groups in total. The number of methoxy groups -OCH3 is 1. The number of benzene rings is 1. The Labute approximate surface area is 149 Å². The molecule has 0 saturated carbocycles. The van der Waals surface area contributed by atoms with Crippen molar-refractivity contribution in [2.45, 2.75) is 12.8 Å². The minimum Gasteiger partial charge on any atom is -0.497 e. The summed E-state index contributed by atoms with van der Waals surface area (Å²) in [6.45, 7) is 0.